The molecule has 1 saturated heterocycles. The van der Waals surface area contributed by atoms with Crippen molar-refractivity contribution in [3.05, 3.63) is 0 Å². The molecule has 1 saturated carbocycles. The first kappa shape index (κ1) is 18.7. The smallest absolute Gasteiger partial charge is 0.325 e. The largest absolute Gasteiger partial charge is 0.352 e. The molecular weight excluding hydrogens is 306 g/mol. The molecule has 1 spiro atoms. The molecule has 2 aliphatic rings. The van der Waals surface area contributed by atoms with Crippen LogP contribution >= 0.6 is 0 Å². The molecule has 1 heterocycles. The van der Waals surface area contributed by atoms with Crippen LogP contribution in [0.4, 0.5) is 4.79 Å². The van der Waals surface area contributed by atoms with Gasteiger partial charge in [-0.1, -0.05) is 39.5 Å². The van der Waals surface area contributed by atoms with E-state index >= 15 is 0 Å². The summed E-state index contributed by atoms with van der Waals surface area (Å²) in [6, 6.07) is -0.376. The van der Waals surface area contributed by atoms with Crippen LogP contribution in [0.25, 0.3) is 0 Å². The van der Waals surface area contributed by atoms with Crippen molar-refractivity contribution >= 4 is 17.8 Å². The maximum Gasteiger partial charge on any atom is 0.325 e. The van der Waals surface area contributed by atoms with Gasteiger partial charge in [0.25, 0.3) is 5.91 Å². The van der Waals surface area contributed by atoms with Crippen molar-refractivity contribution < 1.29 is 14.4 Å². The molecule has 1 unspecified atom stereocenters. The molecule has 6 heteroatoms. The Bertz CT molecular complexity index is 482. The molecule has 1 aliphatic carbocycles. The van der Waals surface area contributed by atoms with Crippen molar-refractivity contribution in [2.75, 3.05) is 6.54 Å². The van der Waals surface area contributed by atoms with E-state index in [1.807, 2.05) is 6.92 Å². The second-order valence-corrected chi connectivity index (χ2v) is 7.76. The number of nitrogens with one attached hydrogen (secondary N) is 2. The number of rotatable bonds is 6. The Hall–Kier alpha value is -1.59. The number of hydrogen-bond donors (Lipinski definition) is 2. The van der Waals surface area contributed by atoms with Gasteiger partial charge in [-0.2, -0.15) is 0 Å². The third kappa shape index (κ3) is 4.48. The molecule has 1 aliphatic heterocycles. The van der Waals surface area contributed by atoms with Crippen LogP contribution in [0.5, 0.6) is 0 Å². The molecule has 0 radical (unpaired) electrons. The Morgan fingerprint density at radius 3 is 2.33 bits per heavy atom. The van der Waals surface area contributed by atoms with E-state index in [-0.39, 0.29) is 24.4 Å². The minimum atomic E-state index is -0.767. The van der Waals surface area contributed by atoms with Crippen LogP contribution in [0.3, 0.4) is 0 Å². The Kier molecular flexibility index (Phi) is 6.24. The molecule has 6 nitrogen and oxygen atoms in total. The lowest BCUT2D eigenvalue weighted by molar-refractivity contribution is -0.135. The fourth-order valence-corrected chi connectivity index (χ4v) is 3.61. The molecule has 2 rings (SSSR count). The van der Waals surface area contributed by atoms with Gasteiger partial charge in [-0.3, -0.25) is 14.5 Å². The first-order chi connectivity index (χ1) is 11.3. The Morgan fingerprint density at radius 2 is 1.75 bits per heavy atom. The minimum absolute atomic E-state index is 0.0486. The van der Waals surface area contributed by atoms with E-state index in [1.54, 1.807) is 0 Å². The maximum atomic E-state index is 12.7. The highest BCUT2D eigenvalue weighted by atomic mass is 16.2. The zero-order valence-corrected chi connectivity index (χ0v) is 15.2. The van der Waals surface area contributed by atoms with E-state index in [2.05, 4.69) is 24.5 Å². The fraction of sp³-hybridized carbons (Fsp3) is 0.833. The van der Waals surface area contributed by atoms with Crippen molar-refractivity contribution in [3.63, 3.8) is 0 Å². The summed E-state index contributed by atoms with van der Waals surface area (Å²) in [7, 11) is 0. The van der Waals surface area contributed by atoms with Gasteiger partial charge in [-0.15, -0.1) is 0 Å². The molecule has 0 bridgehead atoms. The van der Waals surface area contributed by atoms with Crippen LogP contribution in [-0.4, -0.2) is 40.9 Å². The van der Waals surface area contributed by atoms with Gasteiger partial charge in [0.2, 0.25) is 5.91 Å². The van der Waals surface area contributed by atoms with Crippen LogP contribution in [0, 0.1) is 5.92 Å². The molecule has 0 aromatic carbocycles. The van der Waals surface area contributed by atoms with Gasteiger partial charge in [-0.25, -0.2) is 4.79 Å². The topological polar surface area (TPSA) is 78.5 Å². The van der Waals surface area contributed by atoms with Gasteiger partial charge in [0.05, 0.1) is 0 Å². The zero-order valence-electron chi connectivity index (χ0n) is 15.2. The van der Waals surface area contributed by atoms with Crippen LogP contribution in [0.2, 0.25) is 0 Å². The summed E-state index contributed by atoms with van der Waals surface area (Å²) in [5.41, 5.74) is -0.767. The molecule has 0 aromatic rings. The number of imide groups is 1. The molecule has 4 amide bonds. The second-order valence-electron chi connectivity index (χ2n) is 7.76. The molecule has 24 heavy (non-hydrogen) atoms. The molecule has 1 atom stereocenters. The van der Waals surface area contributed by atoms with Gasteiger partial charge in [-0.05, 0) is 38.5 Å². The van der Waals surface area contributed by atoms with E-state index in [0.717, 1.165) is 43.4 Å². The van der Waals surface area contributed by atoms with Crippen molar-refractivity contribution in [1.29, 1.82) is 0 Å². The van der Waals surface area contributed by atoms with Gasteiger partial charge < -0.3 is 10.6 Å². The SMILES string of the molecule is CC(C)CCC(C)NC(=O)CN1C(=O)NC2(CCCCCC2)C1=O. The first-order valence-corrected chi connectivity index (χ1v) is 9.27. The van der Waals surface area contributed by atoms with Gasteiger partial charge in [0.15, 0.2) is 0 Å². The summed E-state index contributed by atoms with van der Waals surface area (Å²) < 4.78 is 0. The van der Waals surface area contributed by atoms with Gasteiger partial charge in [0.1, 0.15) is 12.1 Å². The fourth-order valence-electron chi connectivity index (χ4n) is 3.61. The van der Waals surface area contributed by atoms with Crippen LogP contribution in [-0.2, 0) is 9.59 Å². The van der Waals surface area contributed by atoms with E-state index < -0.39 is 11.6 Å². The third-order valence-corrected chi connectivity index (χ3v) is 5.09. The van der Waals surface area contributed by atoms with E-state index in [1.165, 1.54) is 0 Å². The number of nitrogens with zero attached hydrogens (tertiary/aromatic N) is 1. The third-order valence-electron chi connectivity index (χ3n) is 5.09. The highest BCUT2D eigenvalue weighted by molar-refractivity contribution is 6.09. The maximum absolute atomic E-state index is 12.7. The average Bonchev–Trinajstić information content (AvgIpc) is 2.70. The highest BCUT2D eigenvalue weighted by Gasteiger charge is 2.51. The number of carbonyl (C=O) groups is 3. The summed E-state index contributed by atoms with van der Waals surface area (Å²) in [6.45, 7) is 6.07. The number of amides is 4. The molecule has 0 aromatic heterocycles. The second kappa shape index (κ2) is 7.99. The van der Waals surface area contributed by atoms with Crippen molar-refractivity contribution in [2.45, 2.75) is 83.7 Å². The predicted octanol–water partition coefficient (Wildman–Crippen LogP) is 2.57. The predicted molar refractivity (Wildman–Crippen MR) is 92.4 cm³/mol. The Labute approximate surface area is 144 Å². The minimum Gasteiger partial charge on any atom is -0.352 e. The summed E-state index contributed by atoms with van der Waals surface area (Å²) in [4.78, 5) is 38.3. The van der Waals surface area contributed by atoms with E-state index in [4.69, 9.17) is 0 Å². The van der Waals surface area contributed by atoms with Crippen LogP contribution in [0.1, 0.15) is 72.1 Å². The lowest BCUT2D eigenvalue weighted by Crippen LogP contribution is -2.47. The number of carbonyl (C=O) groups excluding carboxylic acids is 3. The molecule has 2 fully saturated rings. The van der Waals surface area contributed by atoms with Crippen LogP contribution < -0.4 is 10.6 Å². The lowest BCUT2D eigenvalue weighted by atomic mass is 9.90. The summed E-state index contributed by atoms with van der Waals surface area (Å²) >= 11 is 0. The first-order valence-electron chi connectivity index (χ1n) is 9.27. The van der Waals surface area contributed by atoms with Crippen molar-refractivity contribution in [1.82, 2.24) is 15.5 Å². The highest BCUT2D eigenvalue weighted by Crippen LogP contribution is 2.32. The summed E-state index contributed by atoms with van der Waals surface area (Å²) in [5.74, 6) is 0.102. The lowest BCUT2D eigenvalue weighted by Gasteiger charge is -2.24. The van der Waals surface area contributed by atoms with Gasteiger partial charge in [0, 0.05) is 6.04 Å². The van der Waals surface area contributed by atoms with Crippen LogP contribution in [0.15, 0.2) is 0 Å². The van der Waals surface area contributed by atoms with Crippen molar-refractivity contribution in [2.24, 2.45) is 5.92 Å². The van der Waals surface area contributed by atoms with E-state index in [9.17, 15) is 14.4 Å². The Morgan fingerprint density at radius 1 is 1.12 bits per heavy atom. The average molecular weight is 337 g/mol. The molecule has 136 valence electrons. The molecular formula is C18H31N3O3. The Balaban J connectivity index is 1.91. The number of hydrogen-bond acceptors (Lipinski definition) is 3. The monoisotopic (exact) mass is 337 g/mol. The zero-order chi connectivity index (χ0) is 17.7. The normalized spacial score (nSPS) is 21.8. The summed E-state index contributed by atoms with van der Waals surface area (Å²) in [5, 5.41) is 5.76. The summed E-state index contributed by atoms with van der Waals surface area (Å²) in [6.07, 6.45) is 7.37. The van der Waals surface area contributed by atoms with E-state index in [0.29, 0.717) is 18.8 Å². The van der Waals surface area contributed by atoms with Crippen molar-refractivity contribution in [3.8, 4) is 0 Å². The number of urea groups is 1. The quantitative estimate of drug-likeness (QED) is 0.731. The standard InChI is InChI=1S/C18H31N3O3/c1-13(2)8-9-14(3)19-15(22)12-21-16(23)18(20-17(21)24)10-6-4-5-7-11-18/h13-14H,4-12H2,1-3H3,(H,19,22)(H,20,24). The van der Waals surface area contributed by atoms with Gasteiger partial charge >= 0.3 is 6.03 Å². The molecule has 2 N–H and O–H groups in total.